The molecule has 0 heterocycles. The highest BCUT2D eigenvalue weighted by Crippen LogP contribution is 2.56. The molecule has 0 N–H and O–H groups in total. The van der Waals surface area contributed by atoms with Crippen molar-refractivity contribution >= 4 is 85.8 Å². The quantitative estimate of drug-likeness (QED) is 0.148. The van der Waals surface area contributed by atoms with Crippen molar-refractivity contribution in [3.05, 3.63) is 187 Å². The largest absolute Gasteiger partial charge is 0.310 e. The Morgan fingerprint density at radius 3 is 1.69 bits per heavy atom. The van der Waals surface area contributed by atoms with E-state index in [9.17, 15) is 4.39 Å². The minimum absolute atomic E-state index is 0.263. The van der Waals surface area contributed by atoms with Crippen molar-refractivity contribution in [2.45, 2.75) is 24.2 Å². The second-order valence-electron chi connectivity index (χ2n) is 13.7. The molecule has 1 aliphatic carbocycles. The number of rotatable bonds is 7. The predicted octanol–water partition coefficient (Wildman–Crippen LogP) is 14.8. The zero-order chi connectivity index (χ0) is 35.4. The maximum absolute atomic E-state index is 15.0. The molecule has 5 heteroatoms. The lowest BCUT2D eigenvalue weighted by Gasteiger charge is -2.30. The Morgan fingerprint density at radius 2 is 1.04 bits per heavy atom. The molecule has 0 fully saturated rings. The number of para-hydroxylation sites is 2. The smallest absolute Gasteiger partial charge is 0.125 e. The van der Waals surface area contributed by atoms with Crippen LogP contribution in [0.5, 0.6) is 0 Å². The Hall–Kier alpha value is -5.11. The predicted molar refractivity (Wildman–Crippen MR) is 228 cm³/mol. The summed E-state index contributed by atoms with van der Waals surface area (Å²) in [6.45, 7) is 4.67. The van der Waals surface area contributed by atoms with Gasteiger partial charge in [-0.15, -0.1) is 0 Å². The fourth-order valence-corrected chi connectivity index (χ4v) is 9.55. The molecule has 0 aliphatic heterocycles. The van der Waals surface area contributed by atoms with Crippen LogP contribution in [0.25, 0.3) is 32.7 Å². The molecule has 2 nitrogen and oxygen atoms in total. The monoisotopic (exact) mass is 804 g/mol. The highest BCUT2D eigenvalue weighted by atomic mass is 127. The third-order valence-corrected chi connectivity index (χ3v) is 12.4. The van der Waals surface area contributed by atoms with Crippen LogP contribution >= 0.6 is 30.1 Å². The molecule has 9 rings (SSSR count). The molecule has 0 radical (unpaired) electrons. The summed E-state index contributed by atoms with van der Waals surface area (Å²) in [5.41, 5.74) is 10.9. The Bertz CT molecular complexity index is 2580. The lowest BCUT2D eigenvalue weighted by Crippen LogP contribution is -2.18. The molecule has 0 saturated carbocycles. The van der Waals surface area contributed by atoms with Gasteiger partial charge in [0.15, 0.2) is 0 Å². The van der Waals surface area contributed by atoms with Crippen LogP contribution < -0.4 is 9.80 Å². The van der Waals surface area contributed by atoms with Crippen molar-refractivity contribution in [1.82, 2.24) is 0 Å². The maximum Gasteiger partial charge on any atom is 0.125 e. The molecule has 52 heavy (non-hydrogen) atoms. The normalized spacial score (nSPS) is 12.8. The van der Waals surface area contributed by atoms with Crippen molar-refractivity contribution in [3.8, 4) is 11.1 Å². The van der Waals surface area contributed by atoms with Crippen molar-refractivity contribution in [2.75, 3.05) is 9.80 Å². The molecule has 8 aromatic carbocycles. The van der Waals surface area contributed by atoms with Crippen LogP contribution in [0.3, 0.4) is 0 Å². The number of anilines is 6. The summed E-state index contributed by atoms with van der Waals surface area (Å²) in [4.78, 5) is 5.79. The highest BCUT2D eigenvalue weighted by molar-refractivity contribution is 14.2. The first-order chi connectivity index (χ1) is 25.4. The molecule has 0 saturated heterocycles. The van der Waals surface area contributed by atoms with Gasteiger partial charge in [-0.25, -0.2) is 4.39 Å². The van der Waals surface area contributed by atoms with Crippen LogP contribution in [-0.4, -0.2) is 0 Å². The number of nitrogens with zero attached hydrogens (tertiary/aromatic N) is 2. The van der Waals surface area contributed by atoms with E-state index in [4.69, 9.17) is 0 Å². The summed E-state index contributed by atoms with van der Waals surface area (Å²) in [5, 5.41) is 4.72. The van der Waals surface area contributed by atoms with Gasteiger partial charge in [0.1, 0.15) is 5.82 Å². The molecule has 0 aromatic heterocycles. The van der Waals surface area contributed by atoms with Crippen LogP contribution in [0.4, 0.5) is 38.5 Å². The summed E-state index contributed by atoms with van der Waals surface area (Å²) >= 11 is 2.35. The molecular weight excluding hydrogens is 770 g/mol. The Morgan fingerprint density at radius 1 is 0.481 bits per heavy atom. The molecule has 0 amide bonds. The molecule has 252 valence electrons. The first-order valence-electron chi connectivity index (χ1n) is 17.4. The van der Waals surface area contributed by atoms with E-state index in [1.165, 1.54) is 49.4 Å². The minimum atomic E-state index is -0.324. The number of hydrogen-bond acceptors (Lipinski definition) is 3. The van der Waals surface area contributed by atoms with Gasteiger partial charge in [-0.2, -0.15) is 0 Å². The van der Waals surface area contributed by atoms with E-state index < -0.39 is 0 Å². The first kappa shape index (κ1) is 32.8. The number of hydrogen-bond donors (Lipinski definition) is 0. The van der Waals surface area contributed by atoms with E-state index >= 15 is 0 Å². The maximum atomic E-state index is 15.0. The molecule has 0 unspecified atom stereocenters. The van der Waals surface area contributed by atoms with Crippen LogP contribution in [0.15, 0.2) is 175 Å². The fourth-order valence-electron chi connectivity index (χ4n) is 8.02. The van der Waals surface area contributed by atoms with Gasteiger partial charge < -0.3 is 9.80 Å². The first-order valence-corrected chi connectivity index (χ1v) is 20.8. The van der Waals surface area contributed by atoms with E-state index in [-0.39, 0.29) is 11.2 Å². The van der Waals surface area contributed by atoms with Gasteiger partial charge in [0.25, 0.3) is 0 Å². The van der Waals surface area contributed by atoms with E-state index in [2.05, 4.69) is 190 Å². The van der Waals surface area contributed by atoms with Gasteiger partial charge in [-0.3, -0.25) is 0 Å². The Balaban J connectivity index is 1.27. The van der Waals surface area contributed by atoms with E-state index in [0.29, 0.717) is 0 Å². The summed E-state index contributed by atoms with van der Waals surface area (Å²) in [5.74, 6) is -0.263. The van der Waals surface area contributed by atoms with Gasteiger partial charge in [0, 0.05) is 65.0 Å². The number of benzene rings is 8. The number of halogens is 2. The zero-order valence-corrected chi connectivity index (χ0v) is 31.7. The van der Waals surface area contributed by atoms with E-state index in [0.717, 1.165) is 39.5 Å². The molecule has 1 aliphatic rings. The number of fused-ring (bicyclic) bond motifs is 6. The summed E-state index contributed by atoms with van der Waals surface area (Å²) in [6.07, 6.45) is 0. The lowest BCUT2D eigenvalue weighted by atomic mass is 9.81. The van der Waals surface area contributed by atoms with Crippen LogP contribution in [-0.2, 0) is 5.41 Å². The second-order valence-corrected chi connectivity index (χ2v) is 15.7. The minimum Gasteiger partial charge on any atom is -0.310 e. The van der Waals surface area contributed by atoms with Crippen LogP contribution in [0.2, 0.25) is 0 Å². The molecule has 0 bridgehead atoms. The third kappa shape index (κ3) is 5.37. The second kappa shape index (κ2) is 13.1. The van der Waals surface area contributed by atoms with Crippen molar-refractivity contribution in [3.63, 3.8) is 0 Å². The highest BCUT2D eigenvalue weighted by Gasteiger charge is 2.38. The summed E-state index contributed by atoms with van der Waals surface area (Å²) in [7, 11) is 1.71. The van der Waals surface area contributed by atoms with Gasteiger partial charge >= 0.3 is 0 Å². The van der Waals surface area contributed by atoms with Gasteiger partial charge in [0.05, 0.1) is 11.4 Å². The topological polar surface area (TPSA) is 6.48 Å². The van der Waals surface area contributed by atoms with E-state index in [1.54, 1.807) is 21.1 Å². The SMILES string of the molecule is CC1(C)c2cc(N(c3cccc(F)c3)c3ccc(SI)c4ccccc34)ccc2-c2c1cc(N(c1ccccc1)c1ccccc1)c1ccccc21. The lowest BCUT2D eigenvalue weighted by molar-refractivity contribution is 0.628. The van der Waals surface area contributed by atoms with E-state index in [1.807, 2.05) is 6.07 Å². The molecule has 8 aromatic rings. The summed E-state index contributed by atoms with van der Waals surface area (Å²) in [6, 6.07) is 59.0. The molecular formula is C47H34FIN2S. The van der Waals surface area contributed by atoms with Crippen molar-refractivity contribution in [2.24, 2.45) is 0 Å². The van der Waals surface area contributed by atoms with Crippen molar-refractivity contribution in [1.29, 1.82) is 0 Å². The Labute approximate surface area is 320 Å². The van der Waals surface area contributed by atoms with Gasteiger partial charge in [-0.05, 0) is 106 Å². The van der Waals surface area contributed by atoms with Gasteiger partial charge in [-0.1, -0.05) is 120 Å². The van der Waals surface area contributed by atoms with Crippen LogP contribution in [0, 0.1) is 5.82 Å². The average Bonchev–Trinajstić information content (AvgIpc) is 3.41. The average molecular weight is 805 g/mol. The van der Waals surface area contributed by atoms with Gasteiger partial charge in [0.2, 0.25) is 0 Å². The Kier molecular flexibility index (Phi) is 8.28. The zero-order valence-electron chi connectivity index (χ0n) is 28.7. The third-order valence-electron chi connectivity index (χ3n) is 10.4. The van der Waals surface area contributed by atoms with Crippen molar-refractivity contribution < 1.29 is 4.39 Å². The van der Waals surface area contributed by atoms with Crippen LogP contribution in [0.1, 0.15) is 25.0 Å². The molecule has 0 atom stereocenters. The standard InChI is InChI=1S/C47H34FIN2S/c1-47(2)41-29-35(51(34-19-13-14-31(48)28-34)43-26-27-45(52-49)38-22-11-9-20-36(38)43)24-25-40(41)46-39-23-12-10-21-37(39)44(30-42(46)47)50(32-15-5-3-6-16-32)33-17-7-4-8-18-33/h3-30H,1-2H3. The molecule has 0 spiro atoms. The summed E-state index contributed by atoms with van der Waals surface area (Å²) < 4.78 is 15.0. The fraction of sp³-hybridized carbons (Fsp3) is 0.0638.